The lowest BCUT2D eigenvalue weighted by Crippen LogP contribution is -2.25. The fraction of sp³-hybridized carbons (Fsp3) is 0.263. The third kappa shape index (κ3) is 5.10. The summed E-state index contributed by atoms with van der Waals surface area (Å²) in [4.78, 5) is 24.2. The average Bonchev–Trinajstić information content (AvgIpc) is 2.56. The monoisotopic (exact) mass is 344 g/mol. The van der Waals surface area contributed by atoms with Crippen molar-refractivity contribution >= 4 is 29.1 Å². The molecule has 4 nitrogen and oxygen atoms in total. The Morgan fingerprint density at radius 2 is 1.54 bits per heavy atom. The molecule has 2 N–H and O–H groups in total. The van der Waals surface area contributed by atoms with E-state index in [-0.39, 0.29) is 11.8 Å². The number of nitrogens with one attached hydrogen (secondary N) is 2. The summed E-state index contributed by atoms with van der Waals surface area (Å²) in [5, 5.41) is 6.10. The SMILES string of the molecule is CC(C)CCNC(=O)c1ccc(C(=O)Nc2ccccc2Cl)cc1. The van der Waals surface area contributed by atoms with E-state index < -0.39 is 0 Å². The number of carbonyl (C=O) groups is 2. The lowest BCUT2D eigenvalue weighted by atomic mass is 10.1. The number of amides is 2. The van der Waals surface area contributed by atoms with Gasteiger partial charge in [0.15, 0.2) is 0 Å². The highest BCUT2D eigenvalue weighted by Crippen LogP contribution is 2.21. The van der Waals surface area contributed by atoms with Gasteiger partial charge in [0.05, 0.1) is 10.7 Å². The van der Waals surface area contributed by atoms with Crippen molar-refractivity contribution in [1.82, 2.24) is 5.32 Å². The van der Waals surface area contributed by atoms with Crippen molar-refractivity contribution in [1.29, 1.82) is 0 Å². The Morgan fingerprint density at radius 3 is 2.12 bits per heavy atom. The van der Waals surface area contributed by atoms with Crippen LogP contribution in [0.15, 0.2) is 48.5 Å². The third-order valence-electron chi connectivity index (χ3n) is 3.54. The first-order valence-electron chi connectivity index (χ1n) is 7.91. The van der Waals surface area contributed by atoms with Crippen molar-refractivity contribution in [2.24, 2.45) is 5.92 Å². The second-order valence-corrected chi connectivity index (χ2v) is 6.36. The van der Waals surface area contributed by atoms with Crippen LogP contribution in [-0.4, -0.2) is 18.4 Å². The van der Waals surface area contributed by atoms with Crippen molar-refractivity contribution in [2.45, 2.75) is 20.3 Å². The van der Waals surface area contributed by atoms with Gasteiger partial charge in [0.2, 0.25) is 0 Å². The standard InChI is InChI=1S/C19H21ClN2O2/c1-13(2)11-12-21-18(23)14-7-9-15(10-8-14)19(24)22-17-6-4-3-5-16(17)20/h3-10,13H,11-12H2,1-2H3,(H,21,23)(H,22,24). The quantitative estimate of drug-likeness (QED) is 0.817. The number of rotatable bonds is 6. The van der Waals surface area contributed by atoms with Crippen LogP contribution in [-0.2, 0) is 0 Å². The largest absolute Gasteiger partial charge is 0.352 e. The van der Waals surface area contributed by atoms with E-state index in [0.29, 0.717) is 34.3 Å². The molecule has 0 spiro atoms. The molecule has 2 aromatic rings. The minimum atomic E-state index is -0.269. The highest BCUT2D eigenvalue weighted by molar-refractivity contribution is 6.33. The van der Waals surface area contributed by atoms with E-state index in [1.807, 2.05) is 0 Å². The third-order valence-corrected chi connectivity index (χ3v) is 3.87. The van der Waals surface area contributed by atoms with E-state index in [4.69, 9.17) is 11.6 Å². The van der Waals surface area contributed by atoms with Crippen molar-refractivity contribution in [2.75, 3.05) is 11.9 Å². The molecule has 0 aromatic heterocycles. The van der Waals surface area contributed by atoms with E-state index in [1.54, 1.807) is 48.5 Å². The minimum Gasteiger partial charge on any atom is -0.352 e. The molecule has 0 heterocycles. The Morgan fingerprint density at radius 1 is 0.958 bits per heavy atom. The first-order chi connectivity index (χ1) is 11.5. The van der Waals surface area contributed by atoms with E-state index in [0.717, 1.165) is 6.42 Å². The second-order valence-electron chi connectivity index (χ2n) is 5.95. The molecular formula is C19H21ClN2O2. The summed E-state index contributed by atoms with van der Waals surface area (Å²) in [7, 11) is 0. The molecule has 0 aliphatic carbocycles. The van der Waals surface area contributed by atoms with Gasteiger partial charge in [-0.05, 0) is 48.7 Å². The Kier molecular flexibility index (Phi) is 6.38. The second kappa shape index (κ2) is 8.50. The maximum Gasteiger partial charge on any atom is 0.255 e. The summed E-state index contributed by atoms with van der Waals surface area (Å²) in [5.74, 6) is 0.143. The van der Waals surface area contributed by atoms with Crippen LogP contribution in [0.3, 0.4) is 0 Å². The highest BCUT2D eigenvalue weighted by Gasteiger charge is 2.10. The van der Waals surface area contributed by atoms with E-state index in [1.165, 1.54) is 0 Å². The van der Waals surface area contributed by atoms with E-state index in [9.17, 15) is 9.59 Å². The van der Waals surface area contributed by atoms with Gasteiger partial charge in [0.1, 0.15) is 0 Å². The maximum absolute atomic E-state index is 12.2. The summed E-state index contributed by atoms with van der Waals surface area (Å²) < 4.78 is 0. The van der Waals surface area contributed by atoms with Gasteiger partial charge in [0.25, 0.3) is 11.8 Å². The van der Waals surface area contributed by atoms with Crippen LogP contribution in [0.25, 0.3) is 0 Å². The van der Waals surface area contributed by atoms with Gasteiger partial charge in [-0.3, -0.25) is 9.59 Å². The van der Waals surface area contributed by atoms with Crippen molar-refractivity contribution in [3.8, 4) is 0 Å². The summed E-state index contributed by atoms with van der Waals surface area (Å²) >= 11 is 6.03. The molecule has 126 valence electrons. The normalized spacial score (nSPS) is 10.5. The van der Waals surface area contributed by atoms with Crippen LogP contribution in [0.5, 0.6) is 0 Å². The molecule has 0 radical (unpaired) electrons. The Labute approximate surface area is 147 Å². The highest BCUT2D eigenvalue weighted by atomic mass is 35.5. The fourth-order valence-corrected chi connectivity index (χ4v) is 2.29. The smallest absolute Gasteiger partial charge is 0.255 e. The summed E-state index contributed by atoms with van der Waals surface area (Å²) in [6, 6.07) is 13.6. The number of halogens is 1. The summed E-state index contributed by atoms with van der Waals surface area (Å²) in [6.45, 7) is 4.86. The van der Waals surface area contributed by atoms with Crippen molar-refractivity contribution in [3.05, 3.63) is 64.7 Å². The zero-order valence-corrected chi connectivity index (χ0v) is 14.6. The number of para-hydroxylation sites is 1. The molecule has 0 saturated carbocycles. The molecule has 0 aliphatic rings. The molecule has 0 unspecified atom stereocenters. The van der Waals surface area contributed by atoms with Gasteiger partial charge >= 0.3 is 0 Å². The summed E-state index contributed by atoms with van der Waals surface area (Å²) in [6.07, 6.45) is 0.935. The van der Waals surface area contributed by atoms with Crippen LogP contribution >= 0.6 is 11.6 Å². The van der Waals surface area contributed by atoms with Crippen LogP contribution < -0.4 is 10.6 Å². The molecule has 2 rings (SSSR count). The zero-order chi connectivity index (χ0) is 17.5. The van der Waals surface area contributed by atoms with Crippen molar-refractivity contribution < 1.29 is 9.59 Å². The first kappa shape index (κ1) is 18.0. The predicted octanol–water partition coefficient (Wildman–Crippen LogP) is 4.37. The molecule has 0 aliphatic heterocycles. The van der Waals surface area contributed by atoms with E-state index >= 15 is 0 Å². The van der Waals surface area contributed by atoms with Crippen molar-refractivity contribution in [3.63, 3.8) is 0 Å². The molecule has 24 heavy (non-hydrogen) atoms. The fourth-order valence-electron chi connectivity index (χ4n) is 2.11. The molecule has 0 atom stereocenters. The predicted molar refractivity (Wildman–Crippen MR) is 97.6 cm³/mol. The lowest BCUT2D eigenvalue weighted by Gasteiger charge is -2.09. The molecular weight excluding hydrogens is 324 g/mol. The van der Waals surface area contributed by atoms with Gasteiger partial charge in [0, 0.05) is 17.7 Å². The molecule has 5 heteroatoms. The average molecular weight is 345 g/mol. The lowest BCUT2D eigenvalue weighted by molar-refractivity contribution is 0.0950. The Hall–Kier alpha value is -2.33. The zero-order valence-electron chi connectivity index (χ0n) is 13.8. The maximum atomic E-state index is 12.2. The van der Waals surface area contributed by atoms with Crippen LogP contribution in [0, 0.1) is 5.92 Å². The molecule has 2 amide bonds. The molecule has 0 saturated heterocycles. The number of benzene rings is 2. The van der Waals surface area contributed by atoms with Crippen LogP contribution in [0.1, 0.15) is 41.0 Å². The van der Waals surface area contributed by atoms with Gasteiger partial charge in [-0.25, -0.2) is 0 Å². The van der Waals surface area contributed by atoms with Crippen LogP contribution in [0.4, 0.5) is 5.69 Å². The number of carbonyl (C=O) groups excluding carboxylic acids is 2. The molecule has 0 fully saturated rings. The van der Waals surface area contributed by atoms with Crippen LogP contribution in [0.2, 0.25) is 5.02 Å². The first-order valence-corrected chi connectivity index (χ1v) is 8.29. The summed E-state index contributed by atoms with van der Waals surface area (Å²) in [5.41, 5.74) is 1.56. The Bertz CT molecular complexity index is 712. The van der Waals surface area contributed by atoms with Gasteiger partial charge in [-0.15, -0.1) is 0 Å². The molecule has 0 bridgehead atoms. The molecule has 2 aromatic carbocycles. The van der Waals surface area contributed by atoms with Gasteiger partial charge in [-0.2, -0.15) is 0 Å². The van der Waals surface area contributed by atoms with E-state index in [2.05, 4.69) is 24.5 Å². The van der Waals surface area contributed by atoms with Gasteiger partial charge < -0.3 is 10.6 Å². The Balaban J connectivity index is 1.97. The van der Waals surface area contributed by atoms with Gasteiger partial charge in [-0.1, -0.05) is 37.6 Å². The number of hydrogen-bond donors (Lipinski definition) is 2. The minimum absolute atomic E-state index is 0.131. The number of anilines is 1. The number of hydrogen-bond acceptors (Lipinski definition) is 2. The topological polar surface area (TPSA) is 58.2 Å².